The first-order chi connectivity index (χ1) is 9.79. The molecular weight excluding hydrogens is 368 g/mol. The van der Waals surface area contributed by atoms with Gasteiger partial charge < -0.3 is 9.47 Å². The summed E-state index contributed by atoms with van der Waals surface area (Å²) in [4.78, 5) is 22.4. The lowest BCUT2D eigenvalue weighted by Gasteiger charge is -2.11. The molecule has 0 atom stereocenters. The molecule has 0 saturated carbocycles. The number of esters is 1. The van der Waals surface area contributed by atoms with E-state index in [1.54, 1.807) is 11.6 Å². The molecule has 2 N–H and O–H groups in total. The van der Waals surface area contributed by atoms with E-state index in [4.69, 9.17) is 4.74 Å². The number of hydrogen-bond acceptors (Lipinski definition) is 6. The fourth-order valence-electron chi connectivity index (χ4n) is 1.26. The third-order valence-electron chi connectivity index (χ3n) is 2.13. The molecule has 1 aromatic carbocycles. The molecule has 0 aromatic heterocycles. The van der Waals surface area contributed by atoms with Crippen molar-refractivity contribution in [1.82, 2.24) is 4.72 Å². The standard InChI is InChI=1S/C11H13BrN2O6S/c1-3-20-10(15)7-4-5-9(8(12)6-7)13-21(17,18)14-11(16)19-2/h4-6,13H,3H2,1-2H3,(H,14,16). The first kappa shape index (κ1) is 17.2. The van der Waals surface area contributed by atoms with Crippen LogP contribution in [0.1, 0.15) is 17.3 Å². The number of nitrogens with one attached hydrogen (secondary N) is 2. The number of benzene rings is 1. The predicted octanol–water partition coefficient (Wildman–Crippen LogP) is 1.64. The number of halogens is 1. The minimum absolute atomic E-state index is 0.138. The lowest BCUT2D eigenvalue weighted by molar-refractivity contribution is 0.0526. The van der Waals surface area contributed by atoms with Crippen LogP contribution in [0.5, 0.6) is 0 Å². The van der Waals surface area contributed by atoms with Crippen LogP contribution in [0.4, 0.5) is 10.5 Å². The number of carbonyl (C=O) groups excluding carboxylic acids is 2. The van der Waals surface area contributed by atoms with Crippen LogP contribution in [0.15, 0.2) is 22.7 Å². The quantitative estimate of drug-likeness (QED) is 0.751. The lowest BCUT2D eigenvalue weighted by Crippen LogP contribution is -2.35. The second-order valence-electron chi connectivity index (χ2n) is 3.61. The highest BCUT2D eigenvalue weighted by atomic mass is 79.9. The molecule has 0 unspecified atom stereocenters. The van der Waals surface area contributed by atoms with Gasteiger partial charge in [0.25, 0.3) is 0 Å². The van der Waals surface area contributed by atoms with E-state index in [9.17, 15) is 18.0 Å². The topological polar surface area (TPSA) is 111 Å². The molecule has 0 saturated heterocycles. The summed E-state index contributed by atoms with van der Waals surface area (Å²) in [5, 5.41) is 0. The van der Waals surface area contributed by atoms with E-state index >= 15 is 0 Å². The summed E-state index contributed by atoms with van der Waals surface area (Å²) < 4.78 is 36.3. The molecule has 0 fully saturated rings. The largest absolute Gasteiger partial charge is 0.462 e. The maximum Gasteiger partial charge on any atom is 0.422 e. The second-order valence-corrected chi connectivity index (χ2v) is 5.88. The van der Waals surface area contributed by atoms with Gasteiger partial charge in [0.05, 0.1) is 25.0 Å². The van der Waals surface area contributed by atoms with E-state index in [1.165, 1.54) is 18.2 Å². The van der Waals surface area contributed by atoms with Gasteiger partial charge >= 0.3 is 22.3 Å². The van der Waals surface area contributed by atoms with Crippen molar-refractivity contribution in [2.45, 2.75) is 6.92 Å². The van der Waals surface area contributed by atoms with Gasteiger partial charge in [-0.15, -0.1) is 0 Å². The zero-order valence-corrected chi connectivity index (χ0v) is 13.6. The number of rotatable bonds is 5. The molecule has 116 valence electrons. The highest BCUT2D eigenvalue weighted by molar-refractivity contribution is 9.10. The Hall–Kier alpha value is -1.81. The van der Waals surface area contributed by atoms with Gasteiger partial charge in [0, 0.05) is 4.47 Å². The molecule has 0 aliphatic carbocycles. The fraction of sp³-hybridized carbons (Fsp3) is 0.273. The Labute approximate surface area is 130 Å². The molecule has 1 aromatic rings. The van der Waals surface area contributed by atoms with Crippen LogP contribution >= 0.6 is 15.9 Å². The average Bonchev–Trinajstić information content (AvgIpc) is 2.40. The third kappa shape index (κ3) is 5.23. The molecular formula is C11H13BrN2O6S. The fourth-order valence-corrected chi connectivity index (χ4v) is 2.69. The van der Waals surface area contributed by atoms with Crippen molar-refractivity contribution in [2.75, 3.05) is 18.4 Å². The molecule has 10 heteroatoms. The Kier molecular flexibility index (Phi) is 5.97. The van der Waals surface area contributed by atoms with Gasteiger partial charge in [-0.3, -0.25) is 4.72 Å². The molecule has 1 rings (SSSR count). The maximum atomic E-state index is 11.6. The minimum atomic E-state index is -4.13. The van der Waals surface area contributed by atoms with Crippen LogP contribution in [-0.4, -0.2) is 34.2 Å². The smallest absolute Gasteiger partial charge is 0.422 e. The first-order valence-electron chi connectivity index (χ1n) is 5.64. The average molecular weight is 381 g/mol. The van der Waals surface area contributed by atoms with Crippen molar-refractivity contribution < 1.29 is 27.5 Å². The lowest BCUT2D eigenvalue weighted by atomic mass is 10.2. The summed E-state index contributed by atoms with van der Waals surface area (Å²) in [7, 11) is -3.10. The molecule has 8 nitrogen and oxygen atoms in total. The zero-order valence-electron chi connectivity index (χ0n) is 11.2. The Bertz CT molecular complexity index is 646. The Balaban J connectivity index is 2.91. The number of carbonyl (C=O) groups is 2. The van der Waals surface area contributed by atoms with Gasteiger partial charge in [-0.2, -0.15) is 8.42 Å². The van der Waals surface area contributed by atoms with Crippen molar-refractivity contribution >= 4 is 43.9 Å². The summed E-state index contributed by atoms with van der Waals surface area (Å²) in [5.74, 6) is -0.528. The van der Waals surface area contributed by atoms with Crippen molar-refractivity contribution in [3.05, 3.63) is 28.2 Å². The van der Waals surface area contributed by atoms with E-state index in [0.29, 0.717) is 4.47 Å². The first-order valence-corrected chi connectivity index (χ1v) is 7.92. The number of methoxy groups -OCH3 is 1. The van der Waals surface area contributed by atoms with Crippen LogP contribution in [0.2, 0.25) is 0 Å². The van der Waals surface area contributed by atoms with Crippen molar-refractivity contribution in [1.29, 1.82) is 0 Å². The van der Waals surface area contributed by atoms with Gasteiger partial charge in [-0.1, -0.05) is 0 Å². The molecule has 21 heavy (non-hydrogen) atoms. The van der Waals surface area contributed by atoms with Crippen LogP contribution in [0.25, 0.3) is 0 Å². The Morgan fingerprint density at radius 2 is 2.00 bits per heavy atom. The molecule has 0 radical (unpaired) electrons. The summed E-state index contributed by atoms with van der Waals surface area (Å²) in [6.45, 7) is 1.90. The van der Waals surface area contributed by atoms with Crippen LogP contribution in [0, 0.1) is 0 Å². The summed E-state index contributed by atoms with van der Waals surface area (Å²) >= 11 is 3.12. The van der Waals surface area contributed by atoms with Crippen LogP contribution in [-0.2, 0) is 19.7 Å². The third-order valence-corrected chi connectivity index (χ3v) is 3.71. The minimum Gasteiger partial charge on any atom is -0.462 e. The maximum absolute atomic E-state index is 11.6. The molecule has 0 heterocycles. The predicted molar refractivity (Wildman–Crippen MR) is 78.2 cm³/mol. The molecule has 0 aliphatic rings. The summed E-state index contributed by atoms with van der Waals surface area (Å²) in [6, 6.07) is 4.14. The highest BCUT2D eigenvalue weighted by Gasteiger charge is 2.17. The number of hydrogen-bond donors (Lipinski definition) is 2. The van der Waals surface area contributed by atoms with Gasteiger partial charge in [0.2, 0.25) is 0 Å². The molecule has 0 spiro atoms. The van der Waals surface area contributed by atoms with Gasteiger partial charge in [0.1, 0.15) is 0 Å². The summed E-state index contributed by atoms with van der Waals surface area (Å²) in [6.07, 6.45) is -1.12. The number of anilines is 1. The van der Waals surface area contributed by atoms with E-state index in [2.05, 4.69) is 25.4 Å². The normalized spacial score (nSPS) is 10.6. The van der Waals surface area contributed by atoms with Gasteiger partial charge in [0.15, 0.2) is 0 Å². The van der Waals surface area contributed by atoms with Crippen LogP contribution < -0.4 is 9.44 Å². The van der Waals surface area contributed by atoms with Crippen molar-refractivity contribution in [3.63, 3.8) is 0 Å². The van der Waals surface area contributed by atoms with E-state index in [1.807, 2.05) is 0 Å². The SMILES string of the molecule is CCOC(=O)c1ccc(NS(=O)(=O)NC(=O)OC)c(Br)c1. The van der Waals surface area contributed by atoms with E-state index in [-0.39, 0.29) is 17.9 Å². The molecule has 0 bridgehead atoms. The van der Waals surface area contributed by atoms with Crippen molar-refractivity contribution in [2.24, 2.45) is 0 Å². The van der Waals surface area contributed by atoms with E-state index in [0.717, 1.165) is 7.11 Å². The molecule has 1 amide bonds. The Morgan fingerprint density at radius 3 is 2.52 bits per heavy atom. The monoisotopic (exact) mass is 380 g/mol. The highest BCUT2D eigenvalue weighted by Crippen LogP contribution is 2.24. The van der Waals surface area contributed by atoms with E-state index < -0.39 is 22.3 Å². The van der Waals surface area contributed by atoms with Crippen molar-refractivity contribution in [3.8, 4) is 0 Å². The van der Waals surface area contributed by atoms with Gasteiger partial charge in [-0.25, -0.2) is 14.3 Å². The second kappa shape index (κ2) is 7.27. The van der Waals surface area contributed by atoms with Gasteiger partial charge in [-0.05, 0) is 41.1 Å². The zero-order chi connectivity index (χ0) is 16.0. The summed E-state index contributed by atoms with van der Waals surface area (Å²) in [5.41, 5.74) is 0.395. The number of amides is 1. The molecule has 0 aliphatic heterocycles. The van der Waals surface area contributed by atoms with Crippen LogP contribution in [0.3, 0.4) is 0 Å². The number of ether oxygens (including phenoxy) is 2. The Morgan fingerprint density at radius 1 is 1.33 bits per heavy atom.